The Kier molecular flexibility index (Phi) is 5.42. The first-order chi connectivity index (χ1) is 10.1. The maximum Gasteiger partial charge on any atom is 0.251 e. The number of hydrogen-bond acceptors (Lipinski definition) is 3. The van der Waals surface area contributed by atoms with Crippen LogP contribution in [-0.2, 0) is 6.54 Å². The average molecular weight is 325 g/mol. The lowest BCUT2D eigenvalue weighted by molar-refractivity contribution is 0.0951. The molecule has 0 saturated heterocycles. The molecule has 1 N–H and O–H groups in total. The average Bonchev–Trinajstić information content (AvgIpc) is 2.49. The Labute approximate surface area is 133 Å². The highest BCUT2D eigenvalue weighted by atomic mass is 35.5. The summed E-state index contributed by atoms with van der Waals surface area (Å²) in [5, 5.41) is 3.43. The molecule has 0 aliphatic carbocycles. The summed E-state index contributed by atoms with van der Waals surface area (Å²) in [7, 11) is 0. The fraction of sp³-hybridized carbons (Fsp3) is 0.200. The van der Waals surface area contributed by atoms with Crippen LogP contribution in [0.4, 0.5) is 0 Å². The molecule has 4 nitrogen and oxygen atoms in total. The molecule has 0 spiro atoms. The van der Waals surface area contributed by atoms with Crippen LogP contribution in [0, 0.1) is 0 Å². The van der Waals surface area contributed by atoms with Crippen molar-refractivity contribution in [3.05, 3.63) is 57.8 Å². The Morgan fingerprint density at radius 2 is 1.86 bits per heavy atom. The number of carbonyl (C=O) groups is 1. The van der Waals surface area contributed by atoms with Crippen molar-refractivity contribution < 1.29 is 9.53 Å². The first kappa shape index (κ1) is 15.6. The highest BCUT2D eigenvalue weighted by Gasteiger charge is 2.13. The maximum atomic E-state index is 12.1. The number of aromatic nitrogens is 1. The fourth-order valence-corrected chi connectivity index (χ4v) is 2.35. The minimum absolute atomic E-state index is 0.251. The van der Waals surface area contributed by atoms with E-state index in [1.54, 1.807) is 24.5 Å². The predicted molar refractivity (Wildman–Crippen MR) is 83.0 cm³/mol. The van der Waals surface area contributed by atoms with Gasteiger partial charge >= 0.3 is 0 Å². The number of nitrogens with zero attached hydrogens (tertiary/aromatic N) is 1. The first-order valence-electron chi connectivity index (χ1n) is 6.40. The van der Waals surface area contributed by atoms with E-state index in [-0.39, 0.29) is 5.91 Å². The largest absolute Gasteiger partial charge is 0.491 e. The third-order valence-corrected chi connectivity index (χ3v) is 3.31. The van der Waals surface area contributed by atoms with E-state index in [9.17, 15) is 4.79 Å². The zero-order valence-corrected chi connectivity index (χ0v) is 12.9. The molecule has 0 radical (unpaired) electrons. The Balaban J connectivity index is 2.09. The Hall–Kier alpha value is -1.78. The van der Waals surface area contributed by atoms with Crippen molar-refractivity contribution in [2.45, 2.75) is 13.5 Å². The molecule has 0 unspecified atom stereocenters. The topological polar surface area (TPSA) is 51.2 Å². The van der Waals surface area contributed by atoms with E-state index in [0.29, 0.717) is 34.5 Å². The van der Waals surface area contributed by atoms with E-state index in [1.807, 2.05) is 19.1 Å². The molecule has 1 amide bonds. The van der Waals surface area contributed by atoms with E-state index in [0.717, 1.165) is 5.56 Å². The molecule has 0 atom stereocenters. The lowest BCUT2D eigenvalue weighted by Gasteiger charge is -2.10. The Morgan fingerprint density at radius 1 is 1.24 bits per heavy atom. The van der Waals surface area contributed by atoms with Gasteiger partial charge in [0.2, 0.25) is 0 Å². The van der Waals surface area contributed by atoms with Gasteiger partial charge in [-0.15, -0.1) is 0 Å². The van der Waals surface area contributed by atoms with Crippen LogP contribution >= 0.6 is 23.2 Å². The summed E-state index contributed by atoms with van der Waals surface area (Å²) in [6, 6.07) is 6.75. The van der Waals surface area contributed by atoms with E-state index in [4.69, 9.17) is 27.9 Å². The first-order valence-corrected chi connectivity index (χ1v) is 7.16. The molecule has 110 valence electrons. The van der Waals surface area contributed by atoms with Gasteiger partial charge in [0.1, 0.15) is 0 Å². The van der Waals surface area contributed by atoms with Gasteiger partial charge in [-0.1, -0.05) is 23.2 Å². The van der Waals surface area contributed by atoms with Gasteiger partial charge in [0.05, 0.1) is 16.7 Å². The molecule has 2 aromatic rings. The van der Waals surface area contributed by atoms with Crippen LogP contribution in [0.3, 0.4) is 0 Å². The molecule has 0 aliphatic heterocycles. The van der Waals surface area contributed by atoms with Crippen LogP contribution in [0.15, 0.2) is 36.7 Å². The third-order valence-electron chi connectivity index (χ3n) is 2.75. The second-order valence-corrected chi connectivity index (χ2v) is 5.05. The van der Waals surface area contributed by atoms with Crippen molar-refractivity contribution >= 4 is 29.1 Å². The zero-order chi connectivity index (χ0) is 15.2. The van der Waals surface area contributed by atoms with Crippen LogP contribution in [0.5, 0.6) is 5.75 Å². The van der Waals surface area contributed by atoms with Gasteiger partial charge < -0.3 is 10.1 Å². The Bertz CT molecular complexity index is 610. The number of benzene rings is 1. The quantitative estimate of drug-likeness (QED) is 0.911. The summed E-state index contributed by atoms with van der Waals surface area (Å²) >= 11 is 12.2. The summed E-state index contributed by atoms with van der Waals surface area (Å²) in [5.41, 5.74) is 1.35. The molecule has 1 heterocycles. The van der Waals surface area contributed by atoms with Crippen LogP contribution in [0.2, 0.25) is 10.0 Å². The number of carbonyl (C=O) groups excluding carboxylic acids is 1. The molecule has 0 fully saturated rings. The van der Waals surface area contributed by atoms with Gasteiger partial charge in [0.25, 0.3) is 5.91 Å². The minimum Gasteiger partial charge on any atom is -0.491 e. The maximum absolute atomic E-state index is 12.1. The molecule has 0 saturated carbocycles. The van der Waals surface area contributed by atoms with Gasteiger partial charge in [-0.2, -0.15) is 0 Å². The Morgan fingerprint density at radius 3 is 2.43 bits per heavy atom. The van der Waals surface area contributed by atoms with Gasteiger partial charge in [0.15, 0.2) is 5.75 Å². The number of nitrogens with one attached hydrogen (secondary N) is 1. The van der Waals surface area contributed by atoms with Crippen molar-refractivity contribution in [2.24, 2.45) is 0 Å². The standard InChI is InChI=1S/C15H14Cl2N2O2/c1-2-21-14-12(16)7-11(8-13(14)17)15(20)19-9-10-3-5-18-6-4-10/h3-8H,2,9H2,1H3,(H,19,20). The van der Waals surface area contributed by atoms with E-state index >= 15 is 0 Å². The summed E-state index contributed by atoms with van der Waals surface area (Å²) in [4.78, 5) is 16.0. The highest BCUT2D eigenvalue weighted by Crippen LogP contribution is 2.34. The summed E-state index contributed by atoms with van der Waals surface area (Å²) in [5.74, 6) is 0.144. The molecular weight excluding hydrogens is 311 g/mol. The van der Waals surface area contributed by atoms with Crippen LogP contribution < -0.4 is 10.1 Å². The fourth-order valence-electron chi connectivity index (χ4n) is 1.76. The summed E-state index contributed by atoms with van der Waals surface area (Å²) < 4.78 is 5.33. The van der Waals surface area contributed by atoms with Gasteiger partial charge in [-0.05, 0) is 36.8 Å². The molecule has 1 aromatic heterocycles. The van der Waals surface area contributed by atoms with Gasteiger partial charge in [-0.25, -0.2) is 0 Å². The van der Waals surface area contributed by atoms with Crippen LogP contribution in [-0.4, -0.2) is 17.5 Å². The van der Waals surface area contributed by atoms with E-state index in [1.165, 1.54) is 0 Å². The number of halogens is 2. The highest BCUT2D eigenvalue weighted by molar-refractivity contribution is 6.37. The smallest absolute Gasteiger partial charge is 0.251 e. The van der Waals surface area contributed by atoms with E-state index < -0.39 is 0 Å². The van der Waals surface area contributed by atoms with Crippen molar-refractivity contribution in [1.29, 1.82) is 0 Å². The molecule has 1 aromatic carbocycles. The number of amides is 1. The number of hydrogen-bond donors (Lipinski definition) is 1. The zero-order valence-electron chi connectivity index (χ0n) is 11.4. The summed E-state index contributed by atoms with van der Waals surface area (Å²) in [6.45, 7) is 2.69. The lowest BCUT2D eigenvalue weighted by atomic mass is 10.2. The van der Waals surface area contributed by atoms with Gasteiger partial charge in [0, 0.05) is 24.5 Å². The SMILES string of the molecule is CCOc1c(Cl)cc(C(=O)NCc2ccncc2)cc1Cl. The number of pyridine rings is 1. The van der Waals surface area contributed by atoms with E-state index in [2.05, 4.69) is 10.3 Å². The van der Waals surface area contributed by atoms with Crippen molar-refractivity contribution in [1.82, 2.24) is 10.3 Å². The molecule has 0 aliphatic rings. The molecule has 6 heteroatoms. The number of ether oxygens (including phenoxy) is 1. The lowest BCUT2D eigenvalue weighted by Crippen LogP contribution is -2.22. The monoisotopic (exact) mass is 324 g/mol. The van der Waals surface area contributed by atoms with Crippen LogP contribution in [0.1, 0.15) is 22.8 Å². The second-order valence-electron chi connectivity index (χ2n) is 4.24. The molecule has 21 heavy (non-hydrogen) atoms. The molecular formula is C15H14Cl2N2O2. The molecule has 2 rings (SSSR count). The number of rotatable bonds is 5. The third kappa shape index (κ3) is 4.09. The van der Waals surface area contributed by atoms with Crippen molar-refractivity contribution in [3.8, 4) is 5.75 Å². The van der Waals surface area contributed by atoms with Gasteiger partial charge in [-0.3, -0.25) is 9.78 Å². The normalized spacial score (nSPS) is 10.2. The summed E-state index contributed by atoms with van der Waals surface area (Å²) in [6.07, 6.45) is 3.35. The van der Waals surface area contributed by atoms with Crippen molar-refractivity contribution in [2.75, 3.05) is 6.61 Å². The van der Waals surface area contributed by atoms with Crippen LogP contribution in [0.25, 0.3) is 0 Å². The predicted octanol–water partition coefficient (Wildman–Crippen LogP) is 3.72. The van der Waals surface area contributed by atoms with Crippen molar-refractivity contribution in [3.63, 3.8) is 0 Å². The minimum atomic E-state index is -0.251. The second kappa shape index (κ2) is 7.29. The molecule has 0 bridgehead atoms.